The third kappa shape index (κ3) is 6.60. The molecular weight excluding hydrogens is 510 g/mol. The number of amides is 3. The number of pyridine rings is 1. The highest BCUT2D eigenvalue weighted by molar-refractivity contribution is 5.93. The number of aromatic nitrogens is 1. The summed E-state index contributed by atoms with van der Waals surface area (Å²) in [6.07, 6.45) is 3.54. The second-order valence-electron chi connectivity index (χ2n) is 12.0. The van der Waals surface area contributed by atoms with E-state index in [1.807, 2.05) is 65.1 Å². The van der Waals surface area contributed by atoms with E-state index in [9.17, 15) is 19.2 Å². The summed E-state index contributed by atoms with van der Waals surface area (Å²) in [5.74, 6) is -1.67. The number of carbonyl (C=O) groups excluding carboxylic acids is 4. The molecule has 4 atom stereocenters. The fraction of sp³-hybridized carbons (Fsp3) is 0.567. The lowest BCUT2D eigenvalue weighted by Crippen LogP contribution is -2.61. The minimum atomic E-state index is -0.863. The number of hydrogen-bond donors (Lipinski definition) is 3. The summed E-state index contributed by atoms with van der Waals surface area (Å²) in [5.41, 5.74) is 3.93. The lowest BCUT2D eigenvalue weighted by Gasteiger charge is -2.35. The SMILES string of the molecule is CC(C)C1NC(=O)C(C)(C)CCc2cc3cc(ccc3cn2)[C@@H](C)OC(=O)[C@@H]2CCCN(N2)C(=O)[C@H](C)NC1=O. The quantitative estimate of drug-likeness (QED) is 0.465. The maximum atomic E-state index is 13.3. The van der Waals surface area contributed by atoms with Gasteiger partial charge in [0.2, 0.25) is 11.8 Å². The summed E-state index contributed by atoms with van der Waals surface area (Å²) in [6, 6.07) is 5.51. The molecule has 0 spiro atoms. The topological polar surface area (TPSA) is 130 Å². The number of nitrogens with one attached hydrogen (secondary N) is 3. The fourth-order valence-corrected chi connectivity index (χ4v) is 5.06. The van der Waals surface area contributed by atoms with E-state index < -0.39 is 41.5 Å². The maximum Gasteiger partial charge on any atom is 0.325 e. The Hall–Kier alpha value is -3.53. The fourth-order valence-electron chi connectivity index (χ4n) is 5.06. The Bertz CT molecular complexity index is 1290. The summed E-state index contributed by atoms with van der Waals surface area (Å²) in [4.78, 5) is 57.4. The zero-order valence-corrected chi connectivity index (χ0v) is 24.2. The van der Waals surface area contributed by atoms with E-state index in [0.29, 0.717) is 32.2 Å². The van der Waals surface area contributed by atoms with Gasteiger partial charge < -0.3 is 15.4 Å². The van der Waals surface area contributed by atoms with Crippen LogP contribution in [0.1, 0.15) is 78.2 Å². The molecule has 2 aromatic rings. The number of esters is 1. The molecule has 1 fully saturated rings. The van der Waals surface area contributed by atoms with Crippen LogP contribution >= 0.6 is 0 Å². The lowest BCUT2D eigenvalue weighted by molar-refractivity contribution is -0.157. The molecule has 1 unspecified atom stereocenters. The highest BCUT2D eigenvalue weighted by Crippen LogP contribution is 2.27. The molecule has 2 aliphatic heterocycles. The number of carbonyl (C=O) groups is 4. The van der Waals surface area contributed by atoms with Crippen LogP contribution in [0.5, 0.6) is 0 Å². The van der Waals surface area contributed by atoms with Gasteiger partial charge in [-0.3, -0.25) is 29.2 Å². The van der Waals surface area contributed by atoms with Crippen molar-refractivity contribution in [2.45, 2.75) is 91.5 Å². The van der Waals surface area contributed by atoms with Crippen LogP contribution in [0.3, 0.4) is 0 Å². The molecule has 1 aromatic heterocycles. The van der Waals surface area contributed by atoms with Crippen molar-refractivity contribution in [1.82, 2.24) is 26.1 Å². The largest absolute Gasteiger partial charge is 0.457 e. The normalized spacial score (nSPS) is 26.8. The number of hydrazine groups is 1. The molecule has 3 amide bonds. The molecule has 40 heavy (non-hydrogen) atoms. The van der Waals surface area contributed by atoms with E-state index in [1.54, 1.807) is 6.92 Å². The zero-order valence-electron chi connectivity index (χ0n) is 24.2. The van der Waals surface area contributed by atoms with Crippen molar-refractivity contribution in [3.05, 3.63) is 41.7 Å². The van der Waals surface area contributed by atoms with Crippen LogP contribution < -0.4 is 16.1 Å². The molecule has 10 heteroatoms. The summed E-state index contributed by atoms with van der Waals surface area (Å²) in [5, 5.41) is 8.98. The number of hydrogen-bond acceptors (Lipinski definition) is 7. The number of cyclic esters (lactones) is 1. The smallest absolute Gasteiger partial charge is 0.325 e. The maximum absolute atomic E-state index is 13.3. The van der Waals surface area contributed by atoms with Gasteiger partial charge in [-0.1, -0.05) is 39.8 Å². The first-order chi connectivity index (χ1) is 18.9. The summed E-state index contributed by atoms with van der Waals surface area (Å²) < 4.78 is 5.81. The van der Waals surface area contributed by atoms with E-state index >= 15 is 0 Å². The number of fused-ring (bicyclic) bond motifs is 4. The molecule has 5 bridgehead atoms. The van der Waals surface area contributed by atoms with Gasteiger partial charge in [0, 0.05) is 29.2 Å². The third-order valence-electron chi connectivity index (χ3n) is 7.89. The third-order valence-corrected chi connectivity index (χ3v) is 7.89. The van der Waals surface area contributed by atoms with E-state index in [2.05, 4.69) is 21.0 Å². The highest BCUT2D eigenvalue weighted by atomic mass is 16.5. The first-order valence-corrected chi connectivity index (χ1v) is 14.1. The first-order valence-electron chi connectivity index (χ1n) is 14.1. The molecule has 4 rings (SSSR count). The summed E-state index contributed by atoms with van der Waals surface area (Å²) in [6.45, 7) is 11.2. The number of ether oxygens (including phenoxy) is 1. The Kier molecular flexibility index (Phi) is 8.77. The van der Waals surface area contributed by atoms with Crippen LogP contribution in [0.15, 0.2) is 30.5 Å². The second kappa shape index (κ2) is 11.9. The molecule has 10 nitrogen and oxygen atoms in total. The van der Waals surface area contributed by atoms with E-state index in [-0.39, 0.29) is 17.7 Å². The van der Waals surface area contributed by atoms with Gasteiger partial charge >= 0.3 is 5.97 Å². The molecular formula is C30H41N5O5. The molecule has 0 saturated carbocycles. The second-order valence-corrected chi connectivity index (χ2v) is 12.0. The molecule has 0 aliphatic carbocycles. The minimum absolute atomic E-state index is 0.200. The van der Waals surface area contributed by atoms with Gasteiger partial charge in [-0.2, -0.15) is 0 Å². The van der Waals surface area contributed by atoms with Crippen molar-refractivity contribution in [2.24, 2.45) is 11.3 Å². The summed E-state index contributed by atoms with van der Waals surface area (Å²) in [7, 11) is 0. The molecule has 2 aliphatic rings. The van der Waals surface area contributed by atoms with E-state index in [4.69, 9.17) is 4.74 Å². The van der Waals surface area contributed by atoms with Crippen molar-refractivity contribution in [2.75, 3.05) is 6.54 Å². The zero-order chi connectivity index (χ0) is 29.2. The van der Waals surface area contributed by atoms with Gasteiger partial charge in [0.1, 0.15) is 24.2 Å². The van der Waals surface area contributed by atoms with Gasteiger partial charge in [0.25, 0.3) is 5.91 Å². The number of aryl methyl sites for hydroxylation is 1. The predicted octanol–water partition coefficient (Wildman–Crippen LogP) is 2.95. The van der Waals surface area contributed by atoms with Gasteiger partial charge in [0.05, 0.1) is 0 Å². The molecule has 1 aromatic carbocycles. The van der Waals surface area contributed by atoms with Crippen LogP contribution in [0.4, 0.5) is 0 Å². The monoisotopic (exact) mass is 551 g/mol. The average Bonchev–Trinajstić information content (AvgIpc) is 2.92. The van der Waals surface area contributed by atoms with Crippen molar-refractivity contribution < 1.29 is 23.9 Å². The van der Waals surface area contributed by atoms with Crippen molar-refractivity contribution in [3.63, 3.8) is 0 Å². The van der Waals surface area contributed by atoms with Crippen LogP contribution in [0, 0.1) is 11.3 Å². The molecule has 216 valence electrons. The Labute approximate surface area is 235 Å². The van der Waals surface area contributed by atoms with E-state index in [1.165, 1.54) is 5.01 Å². The van der Waals surface area contributed by atoms with Gasteiger partial charge in [-0.15, -0.1) is 0 Å². The standard InChI is InChI=1S/C30H41N5O5/c1-17(2)25-26(36)32-18(3)27(37)35-13-7-8-24(34-35)28(38)40-19(4)20-9-10-21-16-31-23(15-22(21)14-20)11-12-30(5,6)29(39)33-25/h9-10,14-19,24-25,34H,7-8,11-13H2,1-6H3,(H,32,36)(H,33,39)/t18-,19+,24-,25?/m0/s1. The number of rotatable bonds is 1. The Morgan fingerprint density at radius 3 is 2.52 bits per heavy atom. The van der Waals surface area contributed by atoms with Crippen LogP contribution in [-0.2, 0) is 30.3 Å². The predicted molar refractivity (Wildman–Crippen MR) is 151 cm³/mol. The number of benzene rings is 1. The molecule has 1 saturated heterocycles. The highest BCUT2D eigenvalue weighted by Gasteiger charge is 2.36. The Balaban J connectivity index is 1.66. The average molecular weight is 552 g/mol. The van der Waals surface area contributed by atoms with E-state index in [0.717, 1.165) is 22.0 Å². The van der Waals surface area contributed by atoms with Crippen molar-refractivity contribution >= 4 is 34.5 Å². The molecule has 3 heterocycles. The first kappa shape index (κ1) is 29.5. The van der Waals surface area contributed by atoms with Crippen LogP contribution in [0.25, 0.3) is 10.8 Å². The van der Waals surface area contributed by atoms with Gasteiger partial charge in [-0.25, -0.2) is 5.43 Å². The van der Waals surface area contributed by atoms with Crippen LogP contribution in [-0.4, -0.2) is 58.4 Å². The summed E-state index contributed by atoms with van der Waals surface area (Å²) >= 11 is 0. The minimum Gasteiger partial charge on any atom is -0.457 e. The van der Waals surface area contributed by atoms with Gasteiger partial charge in [-0.05, 0) is 68.5 Å². The molecule has 3 N–H and O–H groups in total. The molecule has 0 radical (unpaired) electrons. The van der Waals surface area contributed by atoms with Gasteiger partial charge in [0.15, 0.2) is 0 Å². The number of nitrogens with zero attached hydrogens (tertiary/aromatic N) is 2. The van der Waals surface area contributed by atoms with Crippen LogP contribution in [0.2, 0.25) is 0 Å². The van der Waals surface area contributed by atoms with Crippen molar-refractivity contribution in [3.8, 4) is 0 Å². The Morgan fingerprint density at radius 2 is 1.80 bits per heavy atom. The van der Waals surface area contributed by atoms with Crippen molar-refractivity contribution in [1.29, 1.82) is 0 Å². The lowest BCUT2D eigenvalue weighted by atomic mass is 9.85. The Morgan fingerprint density at radius 1 is 1.05 bits per heavy atom.